The number of pyridine rings is 1. The Morgan fingerprint density at radius 3 is 3.00 bits per heavy atom. The first kappa shape index (κ1) is 10.4. The summed E-state index contributed by atoms with van der Waals surface area (Å²) in [5.74, 6) is 1.71. The molecule has 1 aliphatic heterocycles. The molecular formula is C12H19N3. The van der Waals surface area contributed by atoms with Crippen LogP contribution in [0.25, 0.3) is 0 Å². The molecule has 2 N–H and O–H groups in total. The predicted octanol–water partition coefficient (Wildman–Crippen LogP) is 1.65. The van der Waals surface area contributed by atoms with E-state index in [4.69, 9.17) is 5.73 Å². The zero-order valence-electron chi connectivity index (χ0n) is 9.26. The summed E-state index contributed by atoms with van der Waals surface area (Å²) in [7, 11) is 0. The first-order valence-electron chi connectivity index (χ1n) is 5.69. The van der Waals surface area contributed by atoms with Gasteiger partial charge in [0.05, 0.1) is 0 Å². The monoisotopic (exact) mass is 205 g/mol. The van der Waals surface area contributed by atoms with Gasteiger partial charge in [0, 0.05) is 18.8 Å². The summed E-state index contributed by atoms with van der Waals surface area (Å²) in [5.41, 5.74) is 5.74. The molecule has 2 unspecified atom stereocenters. The Kier molecular flexibility index (Phi) is 3.21. The van der Waals surface area contributed by atoms with E-state index in [0.717, 1.165) is 18.9 Å². The molecule has 2 atom stereocenters. The molecule has 0 saturated carbocycles. The maximum absolute atomic E-state index is 5.74. The Labute approximate surface area is 91.3 Å². The number of nitrogens with zero attached hydrogens (tertiary/aromatic N) is 2. The van der Waals surface area contributed by atoms with Crippen LogP contribution in [0.1, 0.15) is 19.8 Å². The molecule has 1 aliphatic rings. The molecule has 0 radical (unpaired) electrons. The molecule has 0 bridgehead atoms. The minimum atomic E-state index is 0.586. The van der Waals surface area contributed by atoms with E-state index in [1.807, 2.05) is 18.3 Å². The highest BCUT2D eigenvalue weighted by Crippen LogP contribution is 2.25. The van der Waals surface area contributed by atoms with E-state index in [1.165, 1.54) is 12.8 Å². The van der Waals surface area contributed by atoms with Crippen LogP contribution in [0.2, 0.25) is 0 Å². The number of piperidine rings is 1. The van der Waals surface area contributed by atoms with Gasteiger partial charge in [-0.25, -0.2) is 4.98 Å². The van der Waals surface area contributed by atoms with E-state index in [2.05, 4.69) is 22.9 Å². The first-order chi connectivity index (χ1) is 7.31. The third kappa shape index (κ3) is 2.29. The molecule has 3 nitrogen and oxygen atoms in total. The highest BCUT2D eigenvalue weighted by atomic mass is 15.2. The third-order valence-electron chi connectivity index (χ3n) is 3.26. The first-order valence-corrected chi connectivity index (χ1v) is 5.69. The van der Waals surface area contributed by atoms with Crippen LogP contribution in [0.3, 0.4) is 0 Å². The second-order valence-electron chi connectivity index (χ2n) is 4.37. The lowest BCUT2D eigenvalue weighted by molar-refractivity contribution is 0.372. The molecule has 15 heavy (non-hydrogen) atoms. The van der Waals surface area contributed by atoms with E-state index >= 15 is 0 Å². The fraction of sp³-hybridized carbons (Fsp3) is 0.583. The molecule has 0 spiro atoms. The van der Waals surface area contributed by atoms with Gasteiger partial charge in [0.1, 0.15) is 5.82 Å². The van der Waals surface area contributed by atoms with Gasteiger partial charge in [-0.05, 0) is 44.4 Å². The lowest BCUT2D eigenvalue weighted by atomic mass is 9.93. The van der Waals surface area contributed by atoms with Crippen molar-refractivity contribution < 1.29 is 0 Å². The summed E-state index contributed by atoms with van der Waals surface area (Å²) in [6, 6.07) is 6.66. The van der Waals surface area contributed by atoms with Crippen LogP contribution in [-0.2, 0) is 0 Å². The average Bonchev–Trinajstić information content (AvgIpc) is 2.31. The molecule has 2 rings (SSSR count). The molecule has 1 fully saturated rings. The van der Waals surface area contributed by atoms with Crippen LogP contribution in [0, 0.1) is 5.92 Å². The van der Waals surface area contributed by atoms with E-state index in [-0.39, 0.29) is 0 Å². The third-order valence-corrected chi connectivity index (χ3v) is 3.26. The summed E-state index contributed by atoms with van der Waals surface area (Å²) in [5, 5.41) is 0. The van der Waals surface area contributed by atoms with Crippen LogP contribution in [0.5, 0.6) is 0 Å². The highest BCUT2D eigenvalue weighted by Gasteiger charge is 2.25. The summed E-state index contributed by atoms with van der Waals surface area (Å²) in [4.78, 5) is 6.78. The van der Waals surface area contributed by atoms with Gasteiger partial charge >= 0.3 is 0 Å². The summed E-state index contributed by atoms with van der Waals surface area (Å²) >= 11 is 0. The quantitative estimate of drug-likeness (QED) is 0.798. The van der Waals surface area contributed by atoms with Crippen molar-refractivity contribution in [3.05, 3.63) is 24.4 Å². The van der Waals surface area contributed by atoms with Gasteiger partial charge in [-0.1, -0.05) is 6.07 Å². The Balaban J connectivity index is 2.13. The average molecular weight is 205 g/mol. The Morgan fingerprint density at radius 1 is 1.47 bits per heavy atom. The fourth-order valence-electron chi connectivity index (χ4n) is 2.22. The van der Waals surface area contributed by atoms with Crippen LogP contribution in [0.4, 0.5) is 5.82 Å². The van der Waals surface area contributed by atoms with Crippen molar-refractivity contribution in [3.8, 4) is 0 Å². The Hall–Kier alpha value is -1.09. The number of hydrogen-bond acceptors (Lipinski definition) is 3. The van der Waals surface area contributed by atoms with Crippen molar-refractivity contribution in [3.63, 3.8) is 0 Å². The van der Waals surface area contributed by atoms with Gasteiger partial charge in [-0.15, -0.1) is 0 Å². The minimum absolute atomic E-state index is 0.586. The molecule has 2 heterocycles. The normalized spacial score (nSPS) is 26.7. The van der Waals surface area contributed by atoms with Crippen molar-refractivity contribution in [2.24, 2.45) is 11.7 Å². The van der Waals surface area contributed by atoms with Gasteiger partial charge in [0.15, 0.2) is 0 Å². The van der Waals surface area contributed by atoms with E-state index in [1.54, 1.807) is 0 Å². The second kappa shape index (κ2) is 4.62. The highest BCUT2D eigenvalue weighted by molar-refractivity contribution is 5.39. The molecule has 1 saturated heterocycles. The fourth-order valence-corrected chi connectivity index (χ4v) is 2.22. The van der Waals surface area contributed by atoms with Gasteiger partial charge in [0.25, 0.3) is 0 Å². The lowest BCUT2D eigenvalue weighted by Crippen LogP contribution is -2.44. The maximum atomic E-state index is 5.74. The van der Waals surface area contributed by atoms with E-state index in [0.29, 0.717) is 12.0 Å². The number of hydrogen-bond donors (Lipinski definition) is 1. The van der Waals surface area contributed by atoms with Crippen LogP contribution >= 0.6 is 0 Å². The standard InChI is InChI=1S/C12H19N3/c1-10-5-6-11(8-13)9-15(10)12-4-2-3-7-14-12/h2-4,7,10-11H,5-6,8-9,13H2,1H3. The largest absolute Gasteiger partial charge is 0.354 e. The van der Waals surface area contributed by atoms with Crippen LogP contribution in [-0.4, -0.2) is 24.1 Å². The minimum Gasteiger partial charge on any atom is -0.354 e. The predicted molar refractivity (Wildman–Crippen MR) is 62.8 cm³/mol. The van der Waals surface area contributed by atoms with Crippen LogP contribution in [0.15, 0.2) is 24.4 Å². The van der Waals surface area contributed by atoms with E-state index < -0.39 is 0 Å². The van der Waals surface area contributed by atoms with Crippen molar-refractivity contribution in [2.45, 2.75) is 25.8 Å². The zero-order chi connectivity index (χ0) is 10.7. The summed E-state index contributed by atoms with van der Waals surface area (Å²) in [6.45, 7) is 4.10. The zero-order valence-corrected chi connectivity index (χ0v) is 9.26. The molecule has 3 heteroatoms. The van der Waals surface area contributed by atoms with Crippen molar-refractivity contribution in [1.82, 2.24) is 4.98 Å². The van der Waals surface area contributed by atoms with Gasteiger partial charge in [0.2, 0.25) is 0 Å². The topological polar surface area (TPSA) is 42.1 Å². The molecule has 1 aromatic rings. The molecular weight excluding hydrogens is 186 g/mol. The number of anilines is 1. The number of rotatable bonds is 2. The van der Waals surface area contributed by atoms with Crippen molar-refractivity contribution >= 4 is 5.82 Å². The smallest absolute Gasteiger partial charge is 0.128 e. The van der Waals surface area contributed by atoms with Crippen LogP contribution < -0.4 is 10.6 Å². The SMILES string of the molecule is CC1CCC(CN)CN1c1ccccn1. The molecule has 0 aromatic carbocycles. The Bertz CT molecular complexity index is 299. The summed E-state index contributed by atoms with van der Waals surface area (Å²) < 4.78 is 0. The lowest BCUT2D eigenvalue weighted by Gasteiger charge is -2.38. The number of nitrogens with two attached hydrogens (primary N) is 1. The van der Waals surface area contributed by atoms with Gasteiger partial charge < -0.3 is 10.6 Å². The van der Waals surface area contributed by atoms with E-state index in [9.17, 15) is 0 Å². The van der Waals surface area contributed by atoms with Gasteiger partial charge in [-0.3, -0.25) is 0 Å². The molecule has 82 valence electrons. The Morgan fingerprint density at radius 2 is 2.33 bits per heavy atom. The number of aromatic nitrogens is 1. The molecule has 0 aliphatic carbocycles. The molecule has 1 aromatic heterocycles. The summed E-state index contributed by atoms with van der Waals surface area (Å²) in [6.07, 6.45) is 4.33. The van der Waals surface area contributed by atoms with Gasteiger partial charge in [-0.2, -0.15) is 0 Å². The van der Waals surface area contributed by atoms with Crippen molar-refractivity contribution in [2.75, 3.05) is 18.0 Å². The van der Waals surface area contributed by atoms with Crippen molar-refractivity contribution in [1.29, 1.82) is 0 Å². The maximum Gasteiger partial charge on any atom is 0.128 e. The second-order valence-corrected chi connectivity index (χ2v) is 4.37. The molecule has 0 amide bonds.